The Balaban J connectivity index is 2.23. The molecule has 1 unspecified atom stereocenters. The van der Waals surface area contributed by atoms with Gasteiger partial charge >= 0.3 is 0 Å². The van der Waals surface area contributed by atoms with Crippen LogP contribution in [-0.2, 0) is 16.1 Å². The molecule has 21 heavy (non-hydrogen) atoms. The number of benzene rings is 1. The molecule has 1 N–H and O–H groups in total. The molecule has 5 heteroatoms. The van der Waals surface area contributed by atoms with Crippen molar-refractivity contribution in [1.29, 1.82) is 0 Å². The summed E-state index contributed by atoms with van der Waals surface area (Å²) in [5, 5.41) is 3.40. The Morgan fingerprint density at radius 3 is 2.67 bits per heavy atom. The molecular weight excluding hydrogens is 288 g/mol. The molecule has 1 amide bonds. The molecule has 0 saturated heterocycles. The number of carbonyl (C=O) groups is 2. The molecule has 0 spiro atoms. The second-order valence-electron chi connectivity index (χ2n) is 5.67. The van der Waals surface area contributed by atoms with Crippen molar-refractivity contribution in [1.82, 2.24) is 10.2 Å². The summed E-state index contributed by atoms with van der Waals surface area (Å²) in [6.45, 7) is 9.76. The van der Waals surface area contributed by atoms with Crippen LogP contribution in [0.15, 0.2) is 24.8 Å². The van der Waals surface area contributed by atoms with Crippen LogP contribution in [-0.4, -0.2) is 28.7 Å². The lowest BCUT2D eigenvalue weighted by Crippen LogP contribution is -2.56. The number of hydrogen-bond donors (Lipinski definition) is 1. The third-order valence-corrected chi connectivity index (χ3v) is 4.10. The molecule has 0 bridgehead atoms. The van der Waals surface area contributed by atoms with Crippen LogP contribution in [0.1, 0.15) is 31.9 Å². The third kappa shape index (κ3) is 3.10. The highest BCUT2D eigenvalue weighted by Gasteiger charge is 2.35. The zero-order valence-electron chi connectivity index (χ0n) is 12.5. The van der Waals surface area contributed by atoms with Crippen molar-refractivity contribution in [3.8, 4) is 0 Å². The lowest BCUT2D eigenvalue weighted by atomic mass is 9.96. The first-order valence-electron chi connectivity index (χ1n) is 6.75. The van der Waals surface area contributed by atoms with E-state index in [9.17, 15) is 9.59 Å². The Labute approximate surface area is 129 Å². The van der Waals surface area contributed by atoms with E-state index >= 15 is 0 Å². The number of ketones is 1. The zero-order valence-corrected chi connectivity index (χ0v) is 13.3. The van der Waals surface area contributed by atoms with E-state index in [-0.39, 0.29) is 11.7 Å². The van der Waals surface area contributed by atoms with Crippen molar-refractivity contribution in [2.45, 2.75) is 32.9 Å². The Morgan fingerprint density at radius 2 is 2.10 bits per heavy atom. The zero-order chi connectivity index (χ0) is 15.8. The molecule has 0 saturated carbocycles. The van der Waals surface area contributed by atoms with Crippen LogP contribution in [0.3, 0.4) is 0 Å². The molecule has 0 aromatic heterocycles. The monoisotopic (exact) mass is 306 g/mol. The molecule has 1 heterocycles. The van der Waals surface area contributed by atoms with Gasteiger partial charge in [0.05, 0.1) is 0 Å². The van der Waals surface area contributed by atoms with Crippen molar-refractivity contribution in [2.75, 3.05) is 6.54 Å². The summed E-state index contributed by atoms with van der Waals surface area (Å²) in [6, 6.07) is 5.68. The van der Waals surface area contributed by atoms with Gasteiger partial charge in [-0.25, -0.2) is 0 Å². The molecule has 0 radical (unpaired) electrons. The molecule has 0 fully saturated rings. The van der Waals surface area contributed by atoms with E-state index in [4.69, 9.17) is 11.6 Å². The summed E-state index contributed by atoms with van der Waals surface area (Å²) in [4.78, 5) is 25.3. The van der Waals surface area contributed by atoms with Crippen molar-refractivity contribution >= 4 is 29.0 Å². The number of Topliss-reactive ketones (excluding diaryl/α,β-unsaturated/α-hetero) is 1. The van der Waals surface area contributed by atoms with E-state index < -0.39 is 5.54 Å². The molecule has 2 rings (SSSR count). The maximum absolute atomic E-state index is 11.9. The standard InChI is InChI=1S/C16H19ClN2O2/c1-10-15-7-14(17)6-5-13(15)8-19(10)9-16(4,11(2)20)18-12(3)21/h5-7H,1,8-9H2,2-4H3,(H,18,21). The highest BCUT2D eigenvalue weighted by Crippen LogP contribution is 2.34. The Bertz CT molecular complexity index is 627. The van der Waals surface area contributed by atoms with Crippen LogP contribution in [0.4, 0.5) is 0 Å². The maximum atomic E-state index is 11.9. The Morgan fingerprint density at radius 1 is 1.43 bits per heavy atom. The average molecular weight is 307 g/mol. The fourth-order valence-electron chi connectivity index (χ4n) is 2.59. The lowest BCUT2D eigenvalue weighted by molar-refractivity contribution is -0.129. The first-order chi connectivity index (χ1) is 9.73. The second kappa shape index (κ2) is 5.53. The highest BCUT2D eigenvalue weighted by molar-refractivity contribution is 6.30. The van der Waals surface area contributed by atoms with Gasteiger partial charge in [-0.2, -0.15) is 0 Å². The summed E-state index contributed by atoms with van der Waals surface area (Å²) < 4.78 is 0. The number of nitrogens with one attached hydrogen (secondary N) is 1. The quantitative estimate of drug-likeness (QED) is 0.930. The van der Waals surface area contributed by atoms with E-state index in [0.29, 0.717) is 18.1 Å². The fourth-order valence-corrected chi connectivity index (χ4v) is 2.76. The van der Waals surface area contributed by atoms with Gasteiger partial charge in [0.15, 0.2) is 5.78 Å². The van der Waals surface area contributed by atoms with Gasteiger partial charge in [0.25, 0.3) is 0 Å². The SMILES string of the molecule is C=C1c2cc(Cl)ccc2CN1CC(C)(NC(C)=O)C(C)=O. The summed E-state index contributed by atoms with van der Waals surface area (Å²) in [5.74, 6) is -0.308. The van der Waals surface area contributed by atoms with E-state index in [1.165, 1.54) is 13.8 Å². The van der Waals surface area contributed by atoms with Gasteiger partial charge in [0, 0.05) is 36.3 Å². The van der Waals surface area contributed by atoms with E-state index in [1.54, 1.807) is 6.92 Å². The molecule has 4 nitrogen and oxygen atoms in total. The maximum Gasteiger partial charge on any atom is 0.217 e. The smallest absolute Gasteiger partial charge is 0.217 e. The lowest BCUT2D eigenvalue weighted by Gasteiger charge is -2.33. The molecule has 1 aromatic carbocycles. The third-order valence-electron chi connectivity index (χ3n) is 3.86. The topological polar surface area (TPSA) is 49.4 Å². The van der Waals surface area contributed by atoms with Gasteiger partial charge in [-0.05, 0) is 31.5 Å². The van der Waals surface area contributed by atoms with Crippen LogP contribution in [0.5, 0.6) is 0 Å². The van der Waals surface area contributed by atoms with Crippen LogP contribution in [0.2, 0.25) is 5.02 Å². The number of hydrogen-bond acceptors (Lipinski definition) is 3. The number of amides is 1. The number of halogens is 1. The van der Waals surface area contributed by atoms with E-state index in [2.05, 4.69) is 11.9 Å². The van der Waals surface area contributed by atoms with Gasteiger partial charge in [0.1, 0.15) is 5.54 Å². The summed E-state index contributed by atoms with van der Waals surface area (Å²) in [7, 11) is 0. The van der Waals surface area contributed by atoms with Gasteiger partial charge in [-0.3, -0.25) is 9.59 Å². The predicted molar refractivity (Wildman–Crippen MR) is 83.8 cm³/mol. The molecule has 1 atom stereocenters. The first kappa shape index (κ1) is 15.6. The molecule has 0 aliphatic carbocycles. The largest absolute Gasteiger partial charge is 0.364 e. The van der Waals surface area contributed by atoms with Crippen molar-refractivity contribution in [2.24, 2.45) is 0 Å². The van der Waals surface area contributed by atoms with Gasteiger partial charge < -0.3 is 10.2 Å². The number of carbonyl (C=O) groups excluding carboxylic acids is 2. The molecule has 1 aliphatic heterocycles. The minimum Gasteiger partial charge on any atom is -0.364 e. The Kier molecular flexibility index (Phi) is 4.10. The average Bonchev–Trinajstić information content (AvgIpc) is 2.65. The second-order valence-corrected chi connectivity index (χ2v) is 6.11. The van der Waals surface area contributed by atoms with Gasteiger partial charge in [-0.1, -0.05) is 24.2 Å². The minimum atomic E-state index is -0.930. The summed E-state index contributed by atoms with van der Waals surface area (Å²) in [5.41, 5.74) is 2.01. The van der Waals surface area contributed by atoms with Crippen LogP contribution < -0.4 is 5.32 Å². The first-order valence-corrected chi connectivity index (χ1v) is 7.13. The van der Waals surface area contributed by atoms with Crippen molar-refractivity contribution in [3.05, 3.63) is 40.9 Å². The molecular formula is C16H19ClN2O2. The molecule has 1 aliphatic rings. The summed E-state index contributed by atoms with van der Waals surface area (Å²) >= 11 is 6.02. The predicted octanol–water partition coefficient (Wildman–Crippen LogP) is 2.61. The van der Waals surface area contributed by atoms with E-state index in [1.807, 2.05) is 23.1 Å². The normalized spacial score (nSPS) is 16.4. The van der Waals surface area contributed by atoms with Gasteiger partial charge in [0.2, 0.25) is 5.91 Å². The number of fused-ring (bicyclic) bond motifs is 1. The van der Waals surface area contributed by atoms with Crippen LogP contribution >= 0.6 is 11.6 Å². The number of rotatable bonds is 4. The van der Waals surface area contributed by atoms with Gasteiger partial charge in [-0.15, -0.1) is 0 Å². The fraction of sp³-hybridized carbons (Fsp3) is 0.375. The highest BCUT2D eigenvalue weighted by atomic mass is 35.5. The Hall–Kier alpha value is -1.81. The van der Waals surface area contributed by atoms with Crippen LogP contribution in [0, 0.1) is 0 Å². The van der Waals surface area contributed by atoms with E-state index in [0.717, 1.165) is 16.8 Å². The van der Waals surface area contributed by atoms with Crippen molar-refractivity contribution < 1.29 is 9.59 Å². The summed E-state index contributed by atoms with van der Waals surface area (Å²) in [6.07, 6.45) is 0. The molecule has 112 valence electrons. The number of nitrogens with zero attached hydrogens (tertiary/aromatic N) is 1. The molecule has 1 aromatic rings. The van der Waals surface area contributed by atoms with Crippen LogP contribution in [0.25, 0.3) is 5.70 Å². The van der Waals surface area contributed by atoms with Crippen molar-refractivity contribution in [3.63, 3.8) is 0 Å². The minimum absolute atomic E-state index is 0.0838.